The van der Waals surface area contributed by atoms with Gasteiger partial charge in [0, 0.05) is 19.7 Å². The number of rotatable bonds is 2. The maximum absolute atomic E-state index is 11.7. The lowest BCUT2D eigenvalue weighted by atomic mass is 10.2. The van der Waals surface area contributed by atoms with E-state index in [2.05, 4.69) is 4.74 Å². The van der Waals surface area contributed by atoms with Crippen molar-refractivity contribution in [2.75, 3.05) is 13.7 Å². The molecule has 1 unspecified atom stereocenters. The number of hydrogen-bond donors (Lipinski definition) is 1. The van der Waals surface area contributed by atoms with Crippen LogP contribution in [0.3, 0.4) is 0 Å². The monoisotopic (exact) mass is 241 g/mol. The summed E-state index contributed by atoms with van der Waals surface area (Å²) in [6, 6.07) is 0. The zero-order chi connectivity index (χ0) is 13.2. The van der Waals surface area contributed by atoms with Gasteiger partial charge in [-0.05, 0) is 6.92 Å². The van der Waals surface area contributed by atoms with Crippen LogP contribution in [0.5, 0.6) is 0 Å². The Morgan fingerprint density at radius 1 is 1.53 bits per heavy atom. The van der Waals surface area contributed by atoms with Gasteiger partial charge < -0.3 is 15.4 Å². The van der Waals surface area contributed by atoms with E-state index < -0.39 is 23.9 Å². The first-order chi connectivity index (χ1) is 7.93. The van der Waals surface area contributed by atoms with Gasteiger partial charge in [-0.25, -0.2) is 4.79 Å². The molecule has 0 saturated heterocycles. The maximum Gasteiger partial charge on any atom is 0.356 e. The van der Waals surface area contributed by atoms with Crippen LogP contribution in [0, 0.1) is 0 Å². The Hall–Kier alpha value is -1.89. The molecule has 0 aromatic carbocycles. The molecule has 2 N–H and O–H groups in total. The molecule has 0 bridgehead atoms. The summed E-state index contributed by atoms with van der Waals surface area (Å²) in [6.07, 6.45) is 0.0883. The molecule has 2 amide bonds. The molecule has 1 aliphatic heterocycles. The van der Waals surface area contributed by atoms with Gasteiger partial charge >= 0.3 is 5.97 Å². The largest absolute Gasteiger partial charge is 0.464 e. The molecule has 1 rings (SSSR count). The van der Waals surface area contributed by atoms with Crippen LogP contribution >= 0.6 is 0 Å². The molecule has 1 aliphatic rings. The summed E-state index contributed by atoms with van der Waals surface area (Å²) in [7, 11) is 1.19. The van der Waals surface area contributed by atoms with Gasteiger partial charge in [-0.15, -0.1) is 0 Å². The number of carbonyl (C=O) groups is 3. The second-order valence-corrected chi connectivity index (χ2v) is 3.46. The van der Waals surface area contributed by atoms with Crippen LogP contribution in [-0.4, -0.2) is 47.4 Å². The molecule has 0 fully saturated rings. The van der Waals surface area contributed by atoms with E-state index in [1.54, 1.807) is 6.92 Å². The number of nitrogens with zero attached hydrogens (tertiary/aromatic N) is 2. The highest BCUT2D eigenvalue weighted by Gasteiger charge is 2.37. The van der Waals surface area contributed by atoms with Gasteiger partial charge in [0.15, 0.2) is 6.17 Å². The zero-order valence-electron chi connectivity index (χ0n) is 9.97. The van der Waals surface area contributed by atoms with Crippen LogP contribution in [0.2, 0.25) is 0 Å². The first kappa shape index (κ1) is 13.2. The molecule has 0 aromatic rings. The predicted molar refractivity (Wildman–Crippen MR) is 58.0 cm³/mol. The lowest BCUT2D eigenvalue weighted by Crippen LogP contribution is -2.58. The molecule has 0 saturated carbocycles. The number of carbonyl (C=O) groups excluding carboxylic acids is 3. The normalized spacial score (nSPS) is 20.1. The van der Waals surface area contributed by atoms with Crippen LogP contribution in [-0.2, 0) is 19.1 Å². The Morgan fingerprint density at radius 3 is 2.53 bits per heavy atom. The first-order valence-electron chi connectivity index (χ1n) is 5.10. The lowest BCUT2D eigenvalue weighted by Gasteiger charge is -2.35. The third kappa shape index (κ3) is 2.28. The number of nitrogens with two attached hydrogens (primary N) is 1. The summed E-state index contributed by atoms with van der Waals surface area (Å²) in [4.78, 5) is 36.9. The van der Waals surface area contributed by atoms with Crippen molar-refractivity contribution in [3.63, 3.8) is 0 Å². The molecule has 1 atom stereocenters. The number of methoxy groups -OCH3 is 1. The predicted octanol–water partition coefficient (Wildman–Crippen LogP) is -1.00. The molecule has 7 nitrogen and oxygen atoms in total. The van der Waals surface area contributed by atoms with Gasteiger partial charge in [-0.1, -0.05) is 0 Å². The Morgan fingerprint density at radius 2 is 2.12 bits per heavy atom. The van der Waals surface area contributed by atoms with Crippen molar-refractivity contribution < 1.29 is 19.1 Å². The Labute approximate surface area is 98.8 Å². The Balaban J connectivity index is 3.22. The minimum Gasteiger partial charge on any atom is -0.464 e. The molecule has 94 valence electrons. The van der Waals surface area contributed by atoms with Crippen molar-refractivity contribution >= 4 is 17.8 Å². The van der Waals surface area contributed by atoms with Crippen molar-refractivity contribution in [1.29, 1.82) is 0 Å². The van der Waals surface area contributed by atoms with E-state index in [0.717, 1.165) is 4.90 Å². The van der Waals surface area contributed by atoms with Crippen molar-refractivity contribution in [2.45, 2.75) is 20.0 Å². The summed E-state index contributed by atoms with van der Waals surface area (Å²) >= 11 is 0. The second-order valence-electron chi connectivity index (χ2n) is 3.46. The van der Waals surface area contributed by atoms with Crippen molar-refractivity contribution in [3.05, 3.63) is 11.9 Å². The highest BCUT2D eigenvalue weighted by atomic mass is 16.5. The van der Waals surface area contributed by atoms with E-state index >= 15 is 0 Å². The topological polar surface area (TPSA) is 92.9 Å². The molecule has 17 heavy (non-hydrogen) atoms. The minimum absolute atomic E-state index is 0.0334. The fraction of sp³-hybridized carbons (Fsp3) is 0.500. The first-order valence-corrected chi connectivity index (χ1v) is 5.10. The standard InChI is InChI=1S/C10H15N3O4/c1-4-12-5-7(10(16)17-3)13(6(2)14)8(11)9(12)15/h5,8H,4,11H2,1-3H3. The third-order valence-corrected chi connectivity index (χ3v) is 2.43. The summed E-state index contributed by atoms with van der Waals surface area (Å²) in [5.74, 6) is -1.63. The van der Waals surface area contributed by atoms with Crippen molar-refractivity contribution in [1.82, 2.24) is 9.80 Å². The van der Waals surface area contributed by atoms with Crippen molar-refractivity contribution in [2.24, 2.45) is 5.73 Å². The van der Waals surface area contributed by atoms with E-state index in [0.29, 0.717) is 6.54 Å². The van der Waals surface area contributed by atoms with Crippen molar-refractivity contribution in [3.8, 4) is 0 Å². The fourth-order valence-electron chi connectivity index (χ4n) is 1.57. The molecule has 0 spiro atoms. The lowest BCUT2D eigenvalue weighted by molar-refractivity contribution is -0.149. The average Bonchev–Trinajstić information content (AvgIpc) is 2.30. The Bertz CT molecular complexity index is 391. The van der Waals surface area contributed by atoms with E-state index in [9.17, 15) is 14.4 Å². The van der Waals surface area contributed by atoms with Gasteiger partial charge in [-0.2, -0.15) is 0 Å². The number of esters is 1. The maximum atomic E-state index is 11.7. The van der Waals surface area contributed by atoms with Crippen LogP contribution in [0.15, 0.2) is 11.9 Å². The highest BCUT2D eigenvalue weighted by molar-refractivity contribution is 5.99. The molecule has 0 aliphatic carbocycles. The van der Waals surface area contributed by atoms with Gasteiger partial charge in [0.25, 0.3) is 5.91 Å². The van der Waals surface area contributed by atoms with Gasteiger partial charge in [0.05, 0.1) is 7.11 Å². The van der Waals surface area contributed by atoms with Gasteiger partial charge in [0.2, 0.25) is 5.91 Å². The smallest absolute Gasteiger partial charge is 0.356 e. The molecule has 1 heterocycles. The van der Waals surface area contributed by atoms with Crippen LogP contribution in [0.1, 0.15) is 13.8 Å². The quantitative estimate of drug-likeness (QED) is 0.626. The number of likely N-dealkylation sites (N-methyl/N-ethyl adjacent to an activating group) is 1. The van der Waals surface area contributed by atoms with Crippen LogP contribution in [0.4, 0.5) is 0 Å². The number of hydrogen-bond acceptors (Lipinski definition) is 5. The molecule has 0 radical (unpaired) electrons. The molecular formula is C10H15N3O4. The fourth-order valence-corrected chi connectivity index (χ4v) is 1.57. The van der Waals surface area contributed by atoms with Gasteiger partial charge in [0.1, 0.15) is 5.70 Å². The molecule has 0 aromatic heterocycles. The van der Waals surface area contributed by atoms with Gasteiger partial charge in [-0.3, -0.25) is 14.5 Å². The van der Waals surface area contributed by atoms with E-state index in [4.69, 9.17) is 5.73 Å². The van der Waals surface area contributed by atoms with E-state index in [1.165, 1.54) is 25.1 Å². The average molecular weight is 241 g/mol. The summed E-state index contributed by atoms with van der Waals surface area (Å²) < 4.78 is 4.55. The zero-order valence-corrected chi connectivity index (χ0v) is 9.97. The van der Waals surface area contributed by atoms with Crippen LogP contribution in [0.25, 0.3) is 0 Å². The highest BCUT2D eigenvalue weighted by Crippen LogP contribution is 2.18. The van der Waals surface area contributed by atoms with E-state index in [-0.39, 0.29) is 5.70 Å². The number of amides is 2. The Kier molecular flexibility index (Phi) is 3.84. The second kappa shape index (κ2) is 4.96. The summed E-state index contributed by atoms with van der Waals surface area (Å²) in [5.41, 5.74) is 5.60. The SMILES string of the molecule is CCN1C=C(C(=O)OC)N(C(C)=O)C(N)C1=O. The summed E-state index contributed by atoms with van der Waals surface area (Å²) in [5, 5.41) is 0. The molecular weight excluding hydrogens is 226 g/mol. The number of ether oxygens (including phenoxy) is 1. The summed E-state index contributed by atoms with van der Waals surface area (Å²) in [6.45, 7) is 3.32. The minimum atomic E-state index is -1.19. The van der Waals surface area contributed by atoms with Crippen LogP contribution < -0.4 is 5.73 Å². The van der Waals surface area contributed by atoms with E-state index in [1.807, 2.05) is 0 Å². The molecule has 7 heteroatoms. The third-order valence-electron chi connectivity index (χ3n) is 2.43.